The van der Waals surface area contributed by atoms with E-state index in [9.17, 15) is 0 Å². The Balaban J connectivity index is 1.74. The SMILES string of the molecule is CC(C)(C)[Si](C)(C)O[C@@H]1CC2=CC=C3[C@H](CC[C@]4(C)C(CBr)=CC[C@@H]34)[C@@]2(C)[C@@H](O[Si](C)(C)C(C)(C)C)C1. The zero-order valence-corrected chi connectivity index (χ0v) is 29.6. The van der Waals surface area contributed by atoms with Crippen molar-refractivity contribution >= 4 is 32.6 Å². The molecule has 0 heterocycles. The Hall–Kier alpha value is 0.0538. The summed E-state index contributed by atoms with van der Waals surface area (Å²) in [4.78, 5) is 0. The van der Waals surface area contributed by atoms with Gasteiger partial charge < -0.3 is 8.85 Å². The monoisotopic (exact) mass is 606 g/mol. The van der Waals surface area contributed by atoms with E-state index in [1.165, 1.54) is 19.3 Å². The van der Waals surface area contributed by atoms with Crippen molar-refractivity contribution in [3.8, 4) is 0 Å². The van der Waals surface area contributed by atoms with E-state index < -0.39 is 16.6 Å². The molecule has 0 N–H and O–H groups in total. The van der Waals surface area contributed by atoms with Crippen molar-refractivity contribution in [1.29, 1.82) is 0 Å². The summed E-state index contributed by atoms with van der Waals surface area (Å²) >= 11 is 3.81. The van der Waals surface area contributed by atoms with E-state index in [0.717, 1.165) is 18.2 Å². The summed E-state index contributed by atoms with van der Waals surface area (Å²) < 4.78 is 14.6. The third-order valence-corrected chi connectivity index (χ3v) is 21.6. The first-order chi connectivity index (χ1) is 16.8. The van der Waals surface area contributed by atoms with E-state index in [2.05, 4.69) is 116 Å². The highest BCUT2D eigenvalue weighted by Crippen LogP contribution is 2.64. The van der Waals surface area contributed by atoms with E-state index in [4.69, 9.17) is 8.85 Å². The summed E-state index contributed by atoms with van der Waals surface area (Å²) in [5.74, 6) is 1.22. The molecule has 0 amide bonds. The first kappa shape index (κ1) is 30.0. The molecule has 4 aliphatic carbocycles. The molecule has 2 nitrogen and oxygen atoms in total. The molecule has 5 heteroatoms. The maximum atomic E-state index is 7.46. The lowest BCUT2D eigenvalue weighted by Gasteiger charge is -2.59. The van der Waals surface area contributed by atoms with Gasteiger partial charge in [0.05, 0.1) is 12.2 Å². The Labute approximate surface area is 239 Å². The van der Waals surface area contributed by atoms with Gasteiger partial charge in [-0.2, -0.15) is 0 Å². The maximum Gasteiger partial charge on any atom is 0.192 e. The Kier molecular flexibility index (Phi) is 7.76. The molecule has 4 aliphatic rings. The highest BCUT2D eigenvalue weighted by atomic mass is 79.9. The standard InChI is InChI=1S/C32H55BrO2Si2/c1-29(2,3)36(9,10)34-24-19-22-13-15-25-26-16-14-23(21-33)31(26,7)18-17-27(25)32(22,8)28(20-24)35-37(11,12)30(4,5)6/h13-15,24,26-28H,16-21H2,1-12H3/t24-,26+,27+,28+,31-,32+/m1/s1. The molecule has 0 aromatic rings. The van der Waals surface area contributed by atoms with Crippen molar-refractivity contribution in [2.45, 2.75) is 136 Å². The van der Waals surface area contributed by atoms with Gasteiger partial charge in [0.15, 0.2) is 16.6 Å². The molecule has 2 fully saturated rings. The van der Waals surface area contributed by atoms with Crippen LogP contribution in [-0.4, -0.2) is 34.2 Å². The molecular formula is C32H55BrO2Si2. The lowest BCUT2D eigenvalue weighted by atomic mass is 9.50. The molecular weight excluding hydrogens is 552 g/mol. The van der Waals surface area contributed by atoms with Crippen LogP contribution in [0.25, 0.3) is 0 Å². The first-order valence-electron chi connectivity index (χ1n) is 14.8. The van der Waals surface area contributed by atoms with Crippen LogP contribution in [0.2, 0.25) is 36.3 Å². The van der Waals surface area contributed by atoms with Crippen molar-refractivity contribution in [2.24, 2.45) is 22.7 Å². The third kappa shape index (κ3) is 4.93. The lowest BCUT2D eigenvalue weighted by molar-refractivity contribution is -0.0385. The number of halogens is 1. The minimum Gasteiger partial charge on any atom is -0.414 e. The van der Waals surface area contributed by atoms with Crippen molar-refractivity contribution in [3.63, 3.8) is 0 Å². The molecule has 0 unspecified atom stereocenters. The van der Waals surface area contributed by atoms with Crippen LogP contribution in [0.4, 0.5) is 0 Å². The van der Waals surface area contributed by atoms with Gasteiger partial charge in [0.1, 0.15) is 0 Å². The summed E-state index contributed by atoms with van der Waals surface area (Å²) in [6, 6.07) is 0. The quantitative estimate of drug-likeness (QED) is 0.176. The van der Waals surface area contributed by atoms with Crippen LogP contribution in [0.15, 0.2) is 34.9 Å². The van der Waals surface area contributed by atoms with Crippen LogP contribution in [0, 0.1) is 22.7 Å². The van der Waals surface area contributed by atoms with Gasteiger partial charge in [-0.25, -0.2) is 0 Å². The topological polar surface area (TPSA) is 18.5 Å². The minimum absolute atomic E-state index is 0.0609. The number of rotatable bonds is 5. The van der Waals surface area contributed by atoms with Gasteiger partial charge in [0.25, 0.3) is 0 Å². The van der Waals surface area contributed by atoms with E-state index in [-0.39, 0.29) is 27.7 Å². The van der Waals surface area contributed by atoms with E-state index >= 15 is 0 Å². The van der Waals surface area contributed by atoms with Crippen LogP contribution >= 0.6 is 15.9 Å². The van der Waals surface area contributed by atoms with Crippen molar-refractivity contribution < 1.29 is 8.85 Å². The summed E-state index contributed by atoms with van der Waals surface area (Å²) in [5.41, 5.74) is 5.30. The number of hydrogen-bond donors (Lipinski definition) is 0. The second kappa shape index (κ2) is 9.57. The highest BCUT2D eigenvalue weighted by molar-refractivity contribution is 9.09. The average molecular weight is 608 g/mol. The molecule has 6 atom stereocenters. The van der Waals surface area contributed by atoms with Crippen molar-refractivity contribution in [3.05, 3.63) is 34.9 Å². The predicted octanol–water partition coefficient (Wildman–Crippen LogP) is 10.2. The van der Waals surface area contributed by atoms with Crippen molar-refractivity contribution in [1.82, 2.24) is 0 Å². The largest absolute Gasteiger partial charge is 0.414 e. The number of alkyl halides is 1. The molecule has 37 heavy (non-hydrogen) atoms. The van der Waals surface area contributed by atoms with Gasteiger partial charge in [-0.15, -0.1) is 0 Å². The summed E-state index contributed by atoms with van der Waals surface area (Å²) in [6.07, 6.45) is 13.9. The second-order valence-electron chi connectivity index (χ2n) is 16.1. The van der Waals surface area contributed by atoms with Gasteiger partial charge >= 0.3 is 0 Å². The zero-order valence-electron chi connectivity index (χ0n) is 26.0. The van der Waals surface area contributed by atoms with Crippen molar-refractivity contribution in [2.75, 3.05) is 5.33 Å². The Bertz CT molecular complexity index is 995. The molecule has 0 saturated heterocycles. The third-order valence-electron chi connectivity index (χ3n) is 12.0. The first-order valence-corrected chi connectivity index (χ1v) is 21.7. The highest BCUT2D eigenvalue weighted by Gasteiger charge is 2.59. The molecule has 210 valence electrons. The fraction of sp³-hybridized carbons (Fsp3) is 0.812. The van der Waals surface area contributed by atoms with E-state index in [0.29, 0.717) is 17.3 Å². The van der Waals surface area contributed by atoms with Gasteiger partial charge in [-0.1, -0.05) is 106 Å². The average Bonchev–Trinajstić information content (AvgIpc) is 3.09. The van der Waals surface area contributed by atoms with E-state index in [1.807, 2.05) is 0 Å². The molecule has 0 spiro atoms. The normalized spacial score (nSPS) is 36.7. The number of fused-ring (bicyclic) bond motifs is 5. The van der Waals surface area contributed by atoms with E-state index in [1.54, 1.807) is 16.7 Å². The fourth-order valence-electron chi connectivity index (χ4n) is 7.27. The van der Waals surface area contributed by atoms with Crippen LogP contribution < -0.4 is 0 Å². The minimum atomic E-state index is -1.96. The number of allylic oxidation sites excluding steroid dienone is 5. The maximum absolute atomic E-state index is 7.46. The molecule has 0 aliphatic heterocycles. The molecule has 0 aromatic heterocycles. The van der Waals surface area contributed by atoms with Gasteiger partial charge in [0, 0.05) is 10.7 Å². The molecule has 4 rings (SSSR count). The molecule has 0 bridgehead atoms. The predicted molar refractivity (Wildman–Crippen MR) is 168 cm³/mol. The fourth-order valence-corrected chi connectivity index (χ4v) is 10.9. The lowest BCUT2D eigenvalue weighted by Crippen LogP contribution is -2.58. The Morgan fingerprint density at radius 1 is 0.919 bits per heavy atom. The molecule has 0 radical (unpaired) electrons. The Morgan fingerprint density at radius 2 is 1.51 bits per heavy atom. The van der Waals surface area contributed by atoms with Crippen LogP contribution in [-0.2, 0) is 8.85 Å². The summed E-state index contributed by atoms with van der Waals surface area (Å²) in [5, 5.41) is 1.42. The Morgan fingerprint density at radius 3 is 2.08 bits per heavy atom. The second-order valence-corrected chi connectivity index (χ2v) is 26.2. The molecule has 0 aromatic carbocycles. The van der Waals surface area contributed by atoms with Gasteiger partial charge in [-0.05, 0) is 85.6 Å². The van der Waals surface area contributed by atoms with Crippen LogP contribution in [0.1, 0.15) is 87.5 Å². The van der Waals surface area contributed by atoms with Crippen LogP contribution in [0.3, 0.4) is 0 Å². The zero-order chi connectivity index (χ0) is 27.8. The smallest absolute Gasteiger partial charge is 0.192 e. The van der Waals surface area contributed by atoms with Crippen LogP contribution in [0.5, 0.6) is 0 Å². The number of hydrogen-bond acceptors (Lipinski definition) is 2. The van der Waals surface area contributed by atoms with Gasteiger partial charge in [-0.3, -0.25) is 0 Å². The molecule has 2 saturated carbocycles. The van der Waals surface area contributed by atoms with Gasteiger partial charge in [0.2, 0.25) is 0 Å². The summed E-state index contributed by atoms with van der Waals surface area (Å²) in [7, 11) is -3.83. The summed E-state index contributed by atoms with van der Waals surface area (Å²) in [6.45, 7) is 29.1.